The maximum atomic E-state index is 13.1. The number of carbonyl (C=O) groups is 4. The number of hydrogen-bond acceptors (Lipinski definition) is 8. The minimum absolute atomic E-state index is 0.0237. The Morgan fingerprint density at radius 2 is 1.23 bits per heavy atom. The van der Waals surface area contributed by atoms with Crippen LogP contribution in [-0.2, 0) is 9.47 Å². The van der Waals surface area contributed by atoms with Crippen LogP contribution in [0, 0.1) is 0 Å². The summed E-state index contributed by atoms with van der Waals surface area (Å²) >= 11 is 0. The lowest BCUT2D eigenvalue weighted by molar-refractivity contribution is 0.0635. The molecule has 1 aliphatic rings. The van der Waals surface area contributed by atoms with E-state index in [0.29, 0.717) is 0 Å². The third-order valence-electron chi connectivity index (χ3n) is 4.05. The van der Waals surface area contributed by atoms with Crippen LogP contribution in [0.5, 0.6) is 11.5 Å². The van der Waals surface area contributed by atoms with E-state index < -0.39 is 36.1 Å². The van der Waals surface area contributed by atoms with Gasteiger partial charge in [0.05, 0.1) is 17.8 Å². The van der Waals surface area contributed by atoms with Gasteiger partial charge >= 0.3 is 12.3 Å². The molecule has 3 rings (SSSR count). The van der Waals surface area contributed by atoms with E-state index in [1.54, 1.807) is 39.8 Å². The Bertz CT molecular complexity index is 1040. The molecule has 8 heteroatoms. The highest BCUT2D eigenvalue weighted by atomic mass is 16.7. The van der Waals surface area contributed by atoms with Crippen LogP contribution in [0.1, 0.15) is 59.5 Å². The lowest BCUT2D eigenvalue weighted by atomic mass is 9.83. The summed E-state index contributed by atoms with van der Waals surface area (Å²) in [6.45, 7) is 6.49. The van der Waals surface area contributed by atoms with Crippen LogP contribution >= 0.6 is 0 Å². The van der Waals surface area contributed by atoms with Crippen molar-refractivity contribution in [3.63, 3.8) is 0 Å². The number of fused-ring (bicyclic) bond motifs is 2. The fourth-order valence-corrected chi connectivity index (χ4v) is 2.92. The number of ketones is 2. The maximum Gasteiger partial charge on any atom is 0.514 e. The molecule has 0 bridgehead atoms. The van der Waals surface area contributed by atoms with E-state index >= 15 is 0 Å². The van der Waals surface area contributed by atoms with Crippen molar-refractivity contribution in [2.24, 2.45) is 0 Å². The van der Waals surface area contributed by atoms with Gasteiger partial charge in [0.2, 0.25) is 0 Å². The first-order valence-electron chi connectivity index (χ1n) is 9.31. The van der Waals surface area contributed by atoms with Gasteiger partial charge < -0.3 is 18.9 Å². The minimum atomic E-state index is -1.11. The van der Waals surface area contributed by atoms with Crippen LogP contribution in [0.3, 0.4) is 0 Å². The second-order valence-corrected chi connectivity index (χ2v) is 7.06. The van der Waals surface area contributed by atoms with Crippen LogP contribution in [-0.4, -0.2) is 36.1 Å². The van der Waals surface area contributed by atoms with E-state index in [1.807, 2.05) is 0 Å². The largest absolute Gasteiger partial charge is 0.514 e. The molecule has 30 heavy (non-hydrogen) atoms. The Balaban J connectivity index is 2.11. The van der Waals surface area contributed by atoms with E-state index in [-0.39, 0.29) is 33.8 Å². The predicted octanol–water partition coefficient (Wildman–Crippen LogP) is 4.31. The first kappa shape index (κ1) is 21.0. The average molecular weight is 412 g/mol. The SMILES string of the molecule is CC(C)OC(=O)Oc1ccc2c(c1OC(=O)OC(C)C)C(=O)c1ccccc1C2=O. The second kappa shape index (κ2) is 8.36. The number of rotatable bonds is 4. The highest BCUT2D eigenvalue weighted by Crippen LogP contribution is 2.40. The Morgan fingerprint density at radius 3 is 1.80 bits per heavy atom. The molecule has 0 N–H and O–H groups in total. The van der Waals surface area contributed by atoms with Gasteiger partial charge in [-0.15, -0.1) is 0 Å². The fourth-order valence-electron chi connectivity index (χ4n) is 2.92. The molecule has 0 aromatic heterocycles. The molecule has 0 saturated heterocycles. The summed E-state index contributed by atoms with van der Waals surface area (Å²) in [5, 5.41) is 0. The highest BCUT2D eigenvalue weighted by Gasteiger charge is 2.35. The standard InChI is InChI=1S/C22H20O8/c1-11(2)27-21(25)29-16-10-9-15-17(20(16)30-22(26)28-12(3)4)19(24)14-8-6-5-7-13(14)18(15)23/h5-12H,1-4H3. The Hall–Kier alpha value is -3.68. The molecule has 0 atom stereocenters. The Labute approximate surface area is 172 Å². The van der Waals surface area contributed by atoms with Crippen molar-refractivity contribution in [3.8, 4) is 11.5 Å². The van der Waals surface area contributed by atoms with Gasteiger partial charge in [0.15, 0.2) is 23.1 Å². The molecule has 0 unspecified atom stereocenters. The Kier molecular flexibility index (Phi) is 5.86. The zero-order chi connectivity index (χ0) is 22.0. The summed E-state index contributed by atoms with van der Waals surface area (Å²) in [6.07, 6.45) is -3.12. The van der Waals surface area contributed by atoms with E-state index in [9.17, 15) is 19.2 Å². The zero-order valence-corrected chi connectivity index (χ0v) is 16.9. The molecule has 0 fully saturated rings. The summed E-state index contributed by atoms with van der Waals surface area (Å²) in [7, 11) is 0. The molecule has 0 radical (unpaired) electrons. The normalized spacial score (nSPS) is 12.3. The predicted molar refractivity (Wildman–Crippen MR) is 104 cm³/mol. The molecule has 1 aliphatic carbocycles. The molecule has 0 saturated carbocycles. The molecule has 0 amide bonds. The van der Waals surface area contributed by atoms with Crippen LogP contribution in [0.4, 0.5) is 9.59 Å². The first-order valence-corrected chi connectivity index (χ1v) is 9.31. The molecular weight excluding hydrogens is 392 g/mol. The van der Waals surface area contributed by atoms with Crippen molar-refractivity contribution in [3.05, 3.63) is 58.7 Å². The van der Waals surface area contributed by atoms with Crippen molar-refractivity contribution in [2.75, 3.05) is 0 Å². The van der Waals surface area contributed by atoms with Crippen molar-refractivity contribution in [1.82, 2.24) is 0 Å². The molecule has 2 aromatic rings. The molecule has 0 heterocycles. The van der Waals surface area contributed by atoms with Gasteiger partial charge in [-0.25, -0.2) is 9.59 Å². The third kappa shape index (κ3) is 4.17. The van der Waals surface area contributed by atoms with Gasteiger partial charge in [-0.3, -0.25) is 9.59 Å². The van der Waals surface area contributed by atoms with E-state index in [0.717, 1.165) is 0 Å². The maximum absolute atomic E-state index is 13.1. The summed E-state index contributed by atoms with van der Waals surface area (Å²) in [5.41, 5.74) is 0.224. The van der Waals surface area contributed by atoms with E-state index in [2.05, 4.69) is 0 Å². The van der Waals surface area contributed by atoms with Crippen LogP contribution in [0.25, 0.3) is 0 Å². The Morgan fingerprint density at radius 1 is 0.700 bits per heavy atom. The van der Waals surface area contributed by atoms with Crippen molar-refractivity contribution in [1.29, 1.82) is 0 Å². The number of ether oxygens (including phenoxy) is 4. The fraction of sp³-hybridized carbons (Fsp3) is 0.273. The van der Waals surface area contributed by atoms with Crippen molar-refractivity contribution < 1.29 is 38.1 Å². The van der Waals surface area contributed by atoms with Crippen LogP contribution in [0.15, 0.2) is 36.4 Å². The van der Waals surface area contributed by atoms with Crippen molar-refractivity contribution >= 4 is 23.9 Å². The first-order chi connectivity index (χ1) is 14.2. The number of benzene rings is 2. The van der Waals surface area contributed by atoms with Crippen molar-refractivity contribution in [2.45, 2.75) is 39.9 Å². The average Bonchev–Trinajstić information content (AvgIpc) is 2.66. The summed E-state index contributed by atoms with van der Waals surface area (Å²) in [6, 6.07) is 8.89. The monoisotopic (exact) mass is 412 g/mol. The number of carbonyl (C=O) groups excluding carboxylic acids is 4. The summed E-state index contributed by atoms with van der Waals surface area (Å²) in [4.78, 5) is 50.2. The molecule has 0 aliphatic heterocycles. The van der Waals surface area contributed by atoms with Crippen LogP contribution < -0.4 is 9.47 Å². The summed E-state index contributed by atoms with van der Waals surface area (Å²) in [5.74, 6) is -1.60. The lowest BCUT2D eigenvalue weighted by Crippen LogP contribution is -2.25. The van der Waals surface area contributed by atoms with E-state index in [1.165, 1.54) is 24.3 Å². The van der Waals surface area contributed by atoms with Gasteiger partial charge in [0.25, 0.3) is 0 Å². The van der Waals surface area contributed by atoms with Gasteiger partial charge in [-0.05, 0) is 39.8 Å². The second-order valence-electron chi connectivity index (χ2n) is 7.06. The smallest absolute Gasteiger partial charge is 0.431 e. The van der Waals surface area contributed by atoms with Gasteiger partial charge in [-0.1, -0.05) is 24.3 Å². The minimum Gasteiger partial charge on any atom is -0.431 e. The van der Waals surface area contributed by atoms with Gasteiger partial charge in [-0.2, -0.15) is 0 Å². The van der Waals surface area contributed by atoms with Gasteiger partial charge in [0, 0.05) is 16.7 Å². The molecule has 2 aromatic carbocycles. The summed E-state index contributed by atoms with van der Waals surface area (Å²) < 4.78 is 20.3. The van der Waals surface area contributed by atoms with Gasteiger partial charge in [0.1, 0.15) is 0 Å². The third-order valence-corrected chi connectivity index (χ3v) is 4.05. The van der Waals surface area contributed by atoms with E-state index in [4.69, 9.17) is 18.9 Å². The molecule has 156 valence electrons. The molecule has 8 nitrogen and oxygen atoms in total. The molecular formula is C22H20O8. The topological polar surface area (TPSA) is 105 Å². The molecule has 0 spiro atoms. The quantitative estimate of drug-likeness (QED) is 0.461. The highest BCUT2D eigenvalue weighted by molar-refractivity contribution is 6.29. The lowest BCUT2D eigenvalue weighted by Gasteiger charge is -2.21. The van der Waals surface area contributed by atoms with Crippen LogP contribution in [0.2, 0.25) is 0 Å². The zero-order valence-electron chi connectivity index (χ0n) is 16.9. The number of hydrogen-bond donors (Lipinski definition) is 0.